The third kappa shape index (κ3) is 7.78. The maximum absolute atomic E-state index is 13.2. The second-order valence-electron chi connectivity index (χ2n) is 9.50. The van der Waals surface area contributed by atoms with Crippen LogP contribution in [-0.2, 0) is 32.6 Å². The molecule has 0 bridgehead atoms. The smallest absolute Gasteiger partial charge is 0.261 e. The van der Waals surface area contributed by atoms with Crippen LogP contribution in [0.15, 0.2) is 47.5 Å². The van der Waals surface area contributed by atoms with Crippen molar-refractivity contribution in [2.45, 2.75) is 32.2 Å². The van der Waals surface area contributed by atoms with E-state index in [1.165, 1.54) is 10.9 Å². The van der Waals surface area contributed by atoms with E-state index in [1.807, 2.05) is 12.1 Å². The standard InChI is InChI=1S/C26H29Cl2N5O5S/c27-22-7-4-18(14-23(22)28)3-6-20(34)16-33-17-30-24-8-5-19(15-21(24)26(33)36)31-9-11-32(12-10-31)25(35)2-1-13-39(29,37)38/h4-5,7-8,14-15,17H,1-3,6,9-13,16H2,(H2,29,37,38). The molecule has 0 spiro atoms. The van der Waals surface area contributed by atoms with Gasteiger partial charge < -0.3 is 9.80 Å². The van der Waals surface area contributed by atoms with Gasteiger partial charge in [-0.25, -0.2) is 18.5 Å². The molecule has 10 nitrogen and oxygen atoms in total. The molecule has 2 heterocycles. The molecule has 1 aromatic heterocycles. The van der Waals surface area contributed by atoms with Crippen molar-refractivity contribution in [1.82, 2.24) is 14.5 Å². The molecule has 1 amide bonds. The lowest BCUT2D eigenvalue weighted by molar-refractivity contribution is -0.131. The Morgan fingerprint density at radius 1 is 0.974 bits per heavy atom. The lowest BCUT2D eigenvalue weighted by Crippen LogP contribution is -2.48. The Bertz CT molecular complexity index is 1550. The number of hydrogen-bond acceptors (Lipinski definition) is 7. The van der Waals surface area contributed by atoms with Crippen molar-refractivity contribution in [1.29, 1.82) is 0 Å². The molecule has 3 aromatic rings. The van der Waals surface area contributed by atoms with Gasteiger partial charge in [0.05, 0.1) is 39.6 Å². The molecule has 39 heavy (non-hydrogen) atoms. The topological polar surface area (TPSA) is 136 Å². The molecule has 1 aliphatic rings. The number of Topliss-reactive ketones (excluding diaryl/α,β-unsaturated/α-hetero) is 1. The van der Waals surface area contributed by atoms with Crippen LogP contribution in [0.2, 0.25) is 10.0 Å². The number of fused-ring (bicyclic) bond motifs is 1. The highest BCUT2D eigenvalue weighted by Crippen LogP contribution is 2.23. The van der Waals surface area contributed by atoms with Crippen LogP contribution in [-0.4, -0.2) is 66.5 Å². The molecule has 0 atom stereocenters. The maximum atomic E-state index is 13.2. The lowest BCUT2D eigenvalue weighted by Gasteiger charge is -2.36. The summed E-state index contributed by atoms with van der Waals surface area (Å²) in [5.74, 6) is -0.428. The van der Waals surface area contributed by atoms with Crippen molar-refractivity contribution < 1.29 is 18.0 Å². The number of nitrogens with zero attached hydrogens (tertiary/aromatic N) is 4. The normalized spacial score (nSPS) is 14.1. The molecule has 1 fully saturated rings. The minimum Gasteiger partial charge on any atom is -0.368 e. The SMILES string of the molecule is NS(=O)(=O)CCCC(=O)N1CCN(c2ccc3ncn(CC(=O)CCc4ccc(Cl)c(Cl)c4)c(=O)c3c2)CC1. The van der Waals surface area contributed by atoms with Crippen LogP contribution < -0.4 is 15.6 Å². The number of carbonyl (C=O) groups is 2. The number of anilines is 1. The summed E-state index contributed by atoms with van der Waals surface area (Å²) in [6.07, 6.45) is 2.44. The van der Waals surface area contributed by atoms with Crippen LogP contribution in [0.1, 0.15) is 24.8 Å². The number of carbonyl (C=O) groups excluding carboxylic acids is 2. The van der Waals surface area contributed by atoms with Crippen molar-refractivity contribution in [3.8, 4) is 0 Å². The summed E-state index contributed by atoms with van der Waals surface area (Å²) in [6.45, 7) is 2.01. The first kappa shape index (κ1) is 29.0. The Morgan fingerprint density at radius 2 is 1.72 bits per heavy atom. The average Bonchev–Trinajstić information content (AvgIpc) is 2.90. The Hall–Kier alpha value is -2.99. The second-order valence-corrected chi connectivity index (χ2v) is 12.1. The lowest BCUT2D eigenvalue weighted by atomic mass is 10.1. The summed E-state index contributed by atoms with van der Waals surface area (Å²) in [5.41, 5.74) is 1.95. The summed E-state index contributed by atoms with van der Waals surface area (Å²) in [4.78, 5) is 46.4. The molecule has 4 rings (SSSR count). The Kier molecular flexibility index (Phi) is 9.27. The molecule has 0 unspecified atom stereocenters. The monoisotopic (exact) mass is 593 g/mol. The summed E-state index contributed by atoms with van der Waals surface area (Å²) < 4.78 is 23.5. The molecule has 2 aromatic carbocycles. The molecule has 0 aliphatic carbocycles. The van der Waals surface area contributed by atoms with E-state index in [0.717, 1.165) is 11.3 Å². The predicted molar refractivity (Wildman–Crippen MR) is 152 cm³/mol. The van der Waals surface area contributed by atoms with Crippen LogP contribution in [0, 0.1) is 0 Å². The number of piperazine rings is 1. The maximum Gasteiger partial charge on any atom is 0.261 e. The van der Waals surface area contributed by atoms with Gasteiger partial charge in [0.1, 0.15) is 0 Å². The molecule has 1 aliphatic heterocycles. The number of amides is 1. The quantitative estimate of drug-likeness (QED) is 0.381. The van der Waals surface area contributed by atoms with E-state index >= 15 is 0 Å². The van der Waals surface area contributed by atoms with Crippen molar-refractivity contribution in [3.05, 3.63) is 68.7 Å². The van der Waals surface area contributed by atoms with Gasteiger partial charge in [0.2, 0.25) is 15.9 Å². The third-order valence-electron chi connectivity index (χ3n) is 6.65. The Morgan fingerprint density at radius 3 is 2.41 bits per heavy atom. The zero-order valence-electron chi connectivity index (χ0n) is 21.2. The minimum atomic E-state index is -3.58. The van der Waals surface area contributed by atoms with Gasteiger partial charge in [-0.05, 0) is 48.7 Å². The molecule has 0 radical (unpaired) electrons. The third-order valence-corrected chi connectivity index (χ3v) is 8.24. The van der Waals surface area contributed by atoms with E-state index < -0.39 is 10.0 Å². The predicted octanol–water partition coefficient (Wildman–Crippen LogP) is 2.62. The fourth-order valence-corrected chi connectivity index (χ4v) is 5.37. The largest absolute Gasteiger partial charge is 0.368 e. The first-order chi connectivity index (χ1) is 18.5. The van der Waals surface area contributed by atoms with Gasteiger partial charge in [0.25, 0.3) is 5.56 Å². The zero-order chi connectivity index (χ0) is 28.2. The Balaban J connectivity index is 1.37. The highest BCUT2D eigenvalue weighted by Gasteiger charge is 2.22. The highest BCUT2D eigenvalue weighted by atomic mass is 35.5. The number of aromatic nitrogens is 2. The van der Waals surface area contributed by atoms with E-state index in [9.17, 15) is 22.8 Å². The average molecular weight is 595 g/mol. The Labute approximate surface area is 236 Å². The number of sulfonamides is 1. The van der Waals surface area contributed by atoms with Crippen molar-refractivity contribution >= 4 is 61.5 Å². The summed E-state index contributed by atoms with van der Waals surface area (Å²) in [7, 11) is -3.58. The van der Waals surface area contributed by atoms with Gasteiger partial charge in [-0.2, -0.15) is 0 Å². The minimum absolute atomic E-state index is 0.0838. The van der Waals surface area contributed by atoms with Crippen LogP contribution in [0.3, 0.4) is 0 Å². The molecular formula is C26H29Cl2N5O5S. The van der Waals surface area contributed by atoms with Crippen molar-refractivity contribution in [2.75, 3.05) is 36.8 Å². The number of halogens is 2. The van der Waals surface area contributed by atoms with Gasteiger partial charge >= 0.3 is 0 Å². The van der Waals surface area contributed by atoms with E-state index in [-0.39, 0.29) is 48.8 Å². The summed E-state index contributed by atoms with van der Waals surface area (Å²) in [6, 6.07) is 10.7. The molecule has 2 N–H and O–H groups in total. The van der Waals surface area contributed by atoms with E-state index in [1.54, 1.807) is 29.2 Å². The number of primary sulfonamides is 1. The highest BCUT2D eigenvalue weighted by molar-refractivity contribution is 7.89. The van der Waals surface area contributed by atoms with Gasteiger partial charge in [0.15, 0.2) is 5.78 Å². The van der Waals surface area contributed by atoms with Crippen LogP contribution in [0.5, 0.6) is 0 Å². The number of hydrogen-bond donors (Lipinski definition) is 1. The fourth-order valence-electron chi connectivity index (χ4n) is 4.50. The summed E-state index contributed by atoms with van der Waals surface area (Å²) in [5, 5.41) is 6.29. The number of aryl methyl sites for hydroxylation is 1. The number of ketones is 1. The van der Waals surface area contributed by atoms with E-state index in [0.29, 0.717) is 53.5 Å². The van der Waals surface area contributed by atoms with Crippen molar-refractivity contribution in [3.63, 3.8) is 0 Å². The summed E-state index contributed by atoms with van der Waals surface area (Å²) >= 11 is 12.0. The van der Waals surface area contributed by atoms with Crippen LogP contribution >= 0.6 is 23.2 Å². The molecule has 0 saturated carbocycles. The molecule has 208 valence electrons. The van der Waals surface area contributed by atoms with E-state index in [4.69, 9.17) is 28.3 Å². The molecular weight excluding hydrogens is 565 g/mol. The number of benzene rings is 2. The molecule has 13 heteroatoms. The van der Waals surface area contributed by atoms with Crippen LogP contribution in [0.4, 0.5) is 5.69 Å². The van der Waals surface area contributed by atoms with Gasteiger partial charge in [-0.15, -0.1) is 0 Å². The molecule has 1 saturated heterocycles. The fraction of sp³-hybridized carbons (Fsp3) is 0.385. The zero-order valence-corrected chi connectivity index (χ0v) is 23.5. The van der Waals surface area contributed by atoms with E-state index in [2.05, 4.69) is 9.88 Å². The van der Waals surface area contributed by atoms with Crippen LogP contribution in [0.25, 0.3) is 10.9 Å². The van der Waals surface area contributed by atoms with Gasteiger partial charge in [-0.1, -0.05) is 29.3 Å². The first-order valence-corrected chi connectivity index (χ1v) is 15.0. The number of rotatable bonds is 10. The first-order valence-electron chi connectivity index (χ1n) is 12.5. The number of nitrogens with two attached hydrogens (primary N) is 1. The van der Waals surface area contributed by atoms with Gasteiger partial charge in [-0.3, -0.25) is 19.0 Å². The second kappa shape index (κ2) is 12.5. The van der Waals surface area contributed by atoms with Crippen molar-refractivity contribution in [2.24, 2.45) is 5.14 Å². The van der Waals surface area contributed by atoms with Gasteiger partial charge in [0, 0.05) is 44.7 Å².